The monoisotopic (exact) mass is 365 g/mol. The summed E-state index contributed by atoms with van der Waals surface area (Å²) in [6, 6.07) is 3.29. The highest BCUT2D eigenvalue weighted by Gasteiger charge is 2.18. The summed E-state index contributed by atoms with van der Waals surface area (Å²) in [4.78, 5) is 6.47. The Bertz CT molecular complexity index is 505. The van der Waals surface area contributed by atoms with Gasteiger partial charge in [-0.15, -0.1) is 0 Å². The summed E-state index contributed by atoms with van der Waals surface area (Å²) in [5.41, 5.74) is 0. The number of ether oxygens (including phenoxy) is 1. The van der Waals surface area contributed by atoms with E-state index in [0.29, 0.717) is 13.2 Å². The van der Waals surface area contributed by atoms with Crippen LogP contribution in [0.2, 0.25) is 0 Å². The van der Waals surface area contributed by atoms with Crippen molar-refractivity contribution in [1.29, 1.82) is 0 Å². The fourth-order valence-corrected chi connectivity index (χ4v) is 2.84. The molecule has 0 saturated heterocycles. The maximum atomic E-state index is 12.0. The van der Waals surface area contributed by atoms with E-state index in [1.807, 2.05) is 4.90 Å². The molecule has 0 spiro atoms. The summed E-state index contributed by atoms with van der Waals surface area (Å²) < 4.78 is 30.1. The van der Waals surface area contributed by atoms with Gasteiger partial charge in [0.25, 0.3) is 0 Å². The molecule has 0 amide bonds. The van der Waals surface area contributed by atoms with Crippen LogP contribution in [0, 0.1) is 0 Å². The number of rotatable bonds is 8. The van der Waals surface area contributed by atoms with Crippen LogP contribution in [0.3, 0.4) is 0 Å². The van der Waals surface area contributed by atoms with Gasteiger partial charge in [-0.25, -0.2) is 17.7 Å². The van der Waals surface area contributed by atoms with E-state index in [4.69, 9.17) is 4.74 Å². The summed E-state index contributed by atoms with van der Waals surface area (Å²) in [6.45, 7) is 2.07. The summed E-state index contributed by atoms with van der Waals surface area (Å²) in [5.74, 6) is 0.735. The zero-order valence-corrected chi connectivity index (χ0v) is 14.3. The second-order valence-electron chi connectivity index (χ2n) is 4.31. The van der Waals surface area contributed by atoms with Crippen LogP contribution in [-0.4, -0.2) is 63.9 Å². The van der Waals surface area contributed by atoms with Gasteiger partial charge in [0.1, 0.15) is 10.7 Å². The van der Waals surface area contributed by atoms with Crippen molar-refractivity contribution in [3.63, 3.8) is 0 Å². The molecule has 1 aromatic heterocycles. The second kappa shape index (κ2) is 7.92. The van der Waals surface area contributed by atoms with Crippen LogP contribution >= 0.6 is 15.9 Å². The van der Waals surface area contributed by atoms with Gasteiger partial charge in [0.05, 0.1) is 6.61 Å². The SMILES string of the molecule is COCCN(CCBr)c1ccc(S(=O)(=O)N(C)C)cn1. The van der Waals surface area contributed by atoms with Crippen molar-refractivity contribution in [1.82, 2.24) is 9.29 Å². The molecule has 114 valence electrons. The average molecular weight is 366 g/mol. The minimum Gasteiger partial charge on any atom is -0.383 e. The third kappa shape index (κ3) is 4.41. The Labute approximate surface area is 128 Å². The van der Waals surface area contributed by atoms with Gasteiger partial charge in [-0.2, -0.15) is 0 Å². The van der Waals surface area contributed by atoms with E-state index in [2.05, 4.69) is 20.9 Å². The van der Waals surface area contributed by atoms with Crippen LogP contribution in [0.25, 0.3) is 0 Å². The highest BCUT2D eigenvalue weighted by molar-refractivity contribution is 9.09. The molecule has 0 aliphatic carbocycles. The van der Waals surface area contributed by atoms with Gasteiger partial charge in [0.15, 0.2) is 0 Å². The molecule has 0 N–H and O–H groups in total. The third-order valence-electron chi connectivity index (χ3n) is 2.74. The van der Waals surface area contributed by atoms with E-state index in [1.54, 1.807) is 19.2 Å². The van der Waals surface area contributed by atoms with Crippen LogP contribution in [-0.2, 0) is 14.8 Å². The fraction of sp³-hybridized carbons (Fsp3) is 0.583. The Morgan fingerprint density at radius 3 is 2.45 bits per heavy atom. The van der Waals surface area contributed by atoms with Crippen LogP contribution < -0.4 is 4.90 Å². The molecule has 8 heteroatoms. The predicted octanol–water partition coefficient (Wildman–Crippen LogP) is 1.18. The normalized spacial score (nSPS) is 11.8. The van der Waals surface area contributed by atoms with Crippen molar-refractivity contribution in [2.75, 3.05) is 51.1 Å². The van der Waals surface area contributed by atoms with E-state index in [1.165, 1.54) is 24.6 Å². The standard InChI is InChI=1S/C12H20BrN3O3S/c1-15(2)20(17,18)11-4-5-12(14-10-11)16(7-6-13)8-9-19-3/h4-5,10H,6-9H2,1-3H3. The molecule has 0 aliphatic heterocycles. The van der Waals surface area contributed by atoms with Crippen molar-refractivity contribution in [2.45, 2.75) is 4.90 Å². The van der Waals surface area contributed by atoms with Crippen molar-refractivity contribution in [3.05, 3.63) is 18.3 Å². The Balaban J connectivity index is 2.93. The first-order chi connectivity index (χ1) is 9.43. The number of anilines is 1. The molecule has 0 aromatic carbocycles. The molecular formula is C12H20BrN3O3S. The Kier molecular flexibility index (Phi) is 6.87. The molecule has 1 aromatic rings. The number of aromatic nitrogens is 1. The van der Waals surface area contributed by atoms with E-state index in [-0.39, 0.29) is 4.90 Å². The van der Waals surface area contributed by atoms with E-state index in [0.717, 1.165) is 17.7 Å². The number of sulfonamides is 1. The number of hydrogen-bond acceptors (Lipinski definition) is 5. The average Bonchev–Trinajstić information content (AvgIpc) is 2.43. The largest absolute Gasteiger partial charge is 0.383 e. The number of pyridine rings is 1. The molecule has 20 heavy (non-hydrogen) atoms. The van der Waals surface area contributed by atoms with Crippen LogP contribution in [0.5, 0.6) is 0 Å². The smallest absolute Gasteiger partial charge is 0.244 e. The predicted molar refractivity (Wildman–Crippen MR) is 83.0 cm³/mol. The maximum Gasteiger partial charge on any atom is 0.244 e. The molecule has 1 rings (SSSR count). The first-order valence-corrected chi connectivity index (χ1v) is 8.68. The quantitative estimate of drug-likeness (QED) is 0.647. The van der Waals surface area contributed by atoms with E-state index in [9.17, 15) is 8.42 Å². The second-order valence-corrected chi connectivity index (χ2v) is 7.25. The number of nitrogens with zero attached hydrogens (tertiary/aromatic N) is 3. The molecule has 0 radical (unpaired) electrons. The van der Waals surface area contributed by atoms with Gasteiger partial charge < -0.3 is 9.64 Å². The lowest BCUT2D eigenvalue weighted by atomic mass is 10.4. The van der Waals surface area contributed by atoms with Gasteiger partial charge in [0, 0.05) is 45.8 Å². The number of methoxy groups -OCH3 is 1. The van der Waals surface area contributed by atoms with Crippen LogP contribution in [0.15, 0.2) is 23.2 Å². The lowest BCUT2D eigenvalue weighted by Gasteiger charge is -2.22. The Morgan fingerprint density at radius 2 is 2.00 bits per heavy atom. The molecule has 0 aliphatic rings. The Morgan fingerprint density at radius 1 is 1.30 bits per heavy atom. The summed E-state index contributed by atoms with van der Waals surface area (Å²) in [7, 11) is 1.21. The van der Waals surface area contributed by atoms with Gasteiger partial charge in [-0.05, 0) is 12.1 Å². The highest BCUT2D eigenvalue weighted by atomic mass is 79.9. The van der Waals surface area contributed by atoms with Gasteiger partial charge in [-0.1, -0.05) is 15.9 Å². The fourth-order valence-electron chi connectivity index (χ4n) is 1.57. The van der Waals surface area contributed by atoms with Crippen molar-refractivity contribution in [3.8, 4) is 0 Å². The van der Waals surface area contributed by atoms with Crippen LogP contribution in [0.1, 0.15) is 0 Å². The molecule has 0 saturated carbocycles. The number of halogens is 1. The van der Waals surface area contributed by atoms with Gasteiger partial charge in [-0.3, -0.25) is 0 Å². The zero-order chi connectivity index (χ0) is 15.2. The number of hydrogen-bond donors (Lipinski definition) is 0. The van der Waals surface area contributed by atoms with Gasteiger partial charge in [0.2, 0.25) is 10.0 Å². The molecule has 0 atom stereocenters. The molecule has 0 unspecified atom stereocenters. The lowest BCUT2D eigenvalue weighted by Crippen LogP contribution is -2.30. The van der Waals surface area contributed by atoms with Crippen molar-refractivity contribution in [2.24, 2.45) is 0 Å². The molecule has 1 heterocycles. The minimum absolute atomic E-state index is 0.191. The first kappa shape index (κ1) is 17.4. The molecule has 0 fully saturated rings. The summed E-state index contributed by atoms with van der Waals surface area (Å²) >= 11 is 3.39. The molecule has 0 bridgehead atoms. The van der Waals surface area contributed by atoms with Gasteiger partial charge >= 0.3 is 0 Å². The Hall–Kier alpha value is -0.700. The summed E-state index contributed by atoms with van der Waals surface area (Å²) in [5, 5.41) is 0.802. The number of alkyl halides is 1. The molecular weight excluding hydrogens is 346 g/mol. The highest BCUT2D eigenvalue weighted by Crippen LogP contribution is 2.16. The maximum absolute atomic E-state index is 12.0. The zero-order valence-electron chi connectivity index (χ0n) is 11.9. The third-order valence-corrected chi connectivity index (χ3v) is 4.90. The van der Waals surface area contributed by atoms with Crippen LogP contribution in [0.4, 0.5) is 5.82 Å². The van der Waals surface area contributed by atoms with E-state index < -0.39 is 10.0 Å². The van der Waals surface area contributed by atoms with E-state index >= 15 is 0 Å². The van der Waals surface area contributed by atoms with Crippen molar-refractivity contribution >= 4 is 31.8 Å². The first-order valence-electron chi connectivity index (χ1n) is 6.12. The molecule has 6 nitrogen and oxygen atoms in total. The summed E-state index contributed by atoms with van der Waals surface area (Å²) in [6.07, 6.45) is 1.39. The topological polar surface area (TPSA) is 62.7 Å². The minimum atomic E-state index is -3.43. The lowest BCUT2D eigenvalue weighted by molar-refractivity contribution is 0.205. The van der Waals surface area contributed by atoms with Crippen molar-refractivity contribution < 1.29 is 13.2 Å².